The topological polar surface area (TPSA) is 118 Å². The first-order chi connectivity index (χ1) is 19.7. The van der Waals surface area contributed by atoms with Gasteiger partial charge in [-0.05, 0) is 50.1 Å². The molecule has 0 radical (unpaired) electrons. The second-order valence-corrected chi connectivity index (χ2v) is 10.1. The Morgan fingerprint density at radius 3 is 2.73 bits per heavy atom. The van der Waals surface area contributed by atoms with Crippen molar-refractivity contribution >= 4 is 17.4 Å². The Bertz CT molecular complexity index is 1500. The molecule has 2 unspecified atom stereocenters. The van der Waals surface area contributed by atoms with Crippen LogP contribution in [0.15, 0.2) is 53.6 Å². The molecular weight excluding hydrogens is 539 g/mol. The molecule has 2 aromatic heterocycles. The normalized spacial score (nSPS) is 19.2. The van der Waals surface area contributed by atoms with Crippen molar-refractivity contribution in [1.29, 1.82) is 5.26 Å². The molecule has 10 nitrogen and oxygen atoms in total. The molecule has 2 saturated heterocycles. The monoisotopic (exact) mass is 567 g/mol. The number of halogens is 3. The molecule has 5 rings (SSSR count). The number of ether oxygens (including phenoxy) is 1. The van der Waals surface area contributed by atoms with Crippen molar-refractivity contribution in [1.82, 2.24) is 20.1 Å². The summed E-state index contributed by atoms with van der Waals surface area (Å²) in [7, 11) is 0. The minimum Gasteiger partial charge on any atom is -0.491 e. The number of rotatable bonds is 6. The third-order valence-corrected chi connectivity index (χ3v) is 7.42. The number of pyridine rings is 1. The predicted octanol–water partition coefficient (Wildman–Crippen LogP) is 3.45. The molecule has 2 atom stereocenters. The van der Waals surface area contributed by atoms with E-state index < -0.39 is 23.3 Å². The van der Waals surface area contributed by atoms with Gasteiger partial charge in [-0.15, -0.1) is 0 Å². The Morgan fingerprint density at radius 1 is 1.20 bits per heavy atom. The smallest absolute Gasteiger partial charge is 0.423 e. The third-order valence-electron chi connectivity index (χ3n) is 7.42. The number of piperazine rings is 1. The second-order valence-electron chi connectivity index (χ2n) is 10.1. The number of hydrogen-bond acceptors (Lipinski definition) is 8. The fourth-order valence-corrected chi connectivity index (χ4v) is 5.39. The number of anilines is 2. The van der Waals surface area contributed by atoms with Gasteiger partial charge >= 0.3 is 6.18 Å². The number of aromatic amines is 1. The summed E-state index contributed by atoms with van der Waals surface area (Å²) in [5.41, 5.74) is -1.88. The Labute approximate surface area is 234 Å². The van der Waals surface area contributed by atoms with E-state index in [9.17, 15) is 22.8 Å². The molecule has 13 heteroatoms. The summed E-state index contributed by atoms with van der Waals surface area (Å²) in [6.45, 7) is 4.02. The van der Waals surface area contributed by atoms with Crippen molar-refractivity contribution in [2.75, 3.05) is 42.6 Å². The van der Waals surface area contributed by atoms with Crippen LogP contribution in [0.4, 0.5) is 24.7 Å². The molecule has 1 aromatic carbocycles. The first kappa shape index (κ1) is 27.9. The summed E-state index contributed by atoms with van der Waals surface area (Å²) in [5, 5.41) is 14.4. The van der Waals surface area contributed by atoms with Crippen LogP contribution in [0.5, 0.6) is 5.75 Å². The number of nitriles is 1. The lowest BCUT2D eigenvalue weighted by molar-refractivity contribution is -0.138. The molecule has 2 fully saturated rings. The van der Waals surface area contributed by atoms with Gasteiger partial charge < -0.3 is 19.4 Å². The fraction of sp³-hybridized carbons (Fsp3) is 0.393. The number of amides is 1. The minimum absolute atomic E-state index is 0.0778. The molecule has 1 amide bonds. The van der Waals surface area contributed by atoms with Crippen LogP contribution in [0.3, 0.4) is 0 Å². The third kappa shape index (κ3) is 5.96. The maximum Gasteiger partial charge on any atom is 0.423 e. The van der Waals surface area contributed by atoms with Gasteiger partial charge in [0.25, 0.3) is 11.5 Å². The molecular formula is C28H28F3N7O3. The molecule has 0 saturated carbocycles. The maximum absolute atomic E-state index is 13.6. The van der Waals surface area contributed by atoms with E-state index in [0.29, 0.717) is 55.9 Å². The van der Waals surface area contributed by atoms with Gasteiger partial charge in [-0.2, -0.15) is 23.5 Å². The van der Waals surface area contributed by atoms with Gasteiger partial charge in [-0.3, -0.25) is 9.59 Å². The second kappa shape index (κ2) is 11.5. The largest absolute Gasteiger partial charge is 0.491 e. The number of nitrogens with zero attached hydrogens (tertiary/aromatic N) is 6. The van der Waals surface area contributed by atoms with Crippen molar-refractivity contribution < 1.29 is 22.7 Å². The Morgan fingerprint density at radius 2 is 2.02 bits per heavy atom. The minimum atomic E-state index is -4.82. The van der Waals surface area contributed by atoms with Crippen LogP contribution >= 0.6 is 0 Å². The van der Waals surface area contributed by atoms with Crippen molar-refractivity contribution in [3.63, 3.8) is 0 Å². The average molecular weight is 568 g/mol. The number of benzene rings is 1. The van der Waals surface area contributed by atoms with Crippen LogP contribution in [0.1, 0.15) is 41.3 Å². The van der Waals surface area contributed by atoms with Crippen LogP contribution in [0.25, 0.3) is 0 Å². The van der Waals surface area contributed by atoms with Crippen LogP contribution in [0, 0.1) is 11.3 Å². The van der Waals surface area contributed by atoms with E-state index in [4.69, 9.17) is 10.00 Å². The zero-order valence-electron chi connectivity index (χ0n) is 22.3. The van der Waals surface area contributed by atoms with E-state index in [-0.39, 0.29) is 24.2 Å². The quantitative estimate of drug-likeness (QED) is 0.481. The lowest BCUT2D eigenvalue weighted by atomic mass is 10.1. The number of carbonyl (C=O) groups is 1. The van der Waals surface area contributed by atoms with Gasteiger partial charge in [-0.25, -0.2) is 10.1 Å². The predicted molar refractivity (Wildman–Crippen MR) is 144 cm³/mol. The molecule has 1 N–H and O–H groups in total. The van der Waals surface area contributed by atoms with Gasteiger partial charge in [0, 0.05) is 44.0 Å². The van der Waals surface area contributed by atoms with E-state index in [1.165, 1.54) is 11.1 Å². The van der Waals surface area contributed by atoms with Crippen LogP contribution in [0.2, 0.25) is 0 Å². The van der Waals surface area contributed by atoms with Crippen LogP contribution in [-0.4, -0.2) is 70.9 Å². The zero-order valence-corrected chi connectivity index (χ0v) is 22.3. The number of aromatic nitrogens is 3. The molecule has 2 aliphatic rings. The summed E-state index contributed by atoms with van der Waals surface area (Å²) < 4.78 is 46.8. The number of carbonyl (C=O) groups excluding carboxylic acids is 1. The molecule has 2 aliphatic heterocycles. The average Bonchev–Trinajstić information content (AvgIpc) is 3.44. The van der Waals surface area contributed by atoms with Crippen molar-refractivity contribution in [3.05, 3.63) is 75.8 Å². The number of nitrogens with one attached hydrogen (secondary N) is 1. The summed E-state index contributed by atoms with van der Waals surface area (Å²) in [4.78, 5) is 35.1. The molecule has 4 heterocycles. The number of H-pyrrole nitrogens is 1. The summed E-state index contributed by atoms with van der Waals surface area (Å²) >= 11 is 0. The lowest BCUT2D eigenvalue weighted by Crippen LogP contribution is -2.54. The molecule has 3 aromatic rings. The fourth-order valence-electron chi connectivity index (χ4n) is 5.39. The van der Waals surface area contributed by atoms with Crippen LogP contribution < -0.4 is 20.1 Å². The van der Waals surface area contributed by atoms with E-state index >= 15 is 0 Å². The molecule has 0 spiro atoms. The number of hydrogen-bond donors (Lipinski definition) is 1. The Balaban J connectivity index is 1.24. The number of alkyl halides is 3. The van der Waals surface area contributed by atoms with E-state index in [1.54, 1.807) is 41.3 Å². The highest BCUT2D eigenvalue weighted by Crippen LogP contribution is 2.36. The highest BCUT2D eigenvalue weighted by molar-refractivity contribution is 5.95. The van der Waals surface area contributed by atoms with E-state index in [0.717, 1.165) is 12.0 Å². The highest BCUT2D eigenvalue weighted by atomic mass is 19.4. The summed E-state index contributed by atoms with van der Waals surface area (Å²) in [6.07, 6.45) is -1.05. The first-order valence-corrected chi connectivity index (χ1v) is 13.2. The van der Waals surface area contributed by atoms with Crippen LogP contribution in [-0.2, 0) is 6.18 Å². The highest BCUT2D eigenvalue weighted by Gasteiger charge is 2.41. The molecule has 0 aliphatic carbocycles. The lowest BCUT2D eigenvalue weighted by Gasteiger charge is -2.40. The van der Waals surface area contributed by atoms with E-state index in [2.05, 4.69) is 21.1 Å². The Kier molecular flexibility index (Phi) is 7.83. The van der Waals surface area contributed by atoms with Gasteiger partial charge in [0.2, 0.25) is 0 Å². The molecule has 0 bridgehead atoms. The van der Waals surface area contributed by atoms with Gasteiger partial charge in [0.05, 0.1) is 23.5 Å². The Hall–Kier alpha value is -4.60. The standard InChI is InChI=1S/C28H28F3N7O3/c1-18-16-36(24-8-7-19(13-32)14-33-24)10-11-37(18)27(40)20-4-2-6-22(12-20)41-17-21-5-3-9-38(21)23-15-34-35-26(39)25(23)28(29,30)31/h2,4,6-8,12,14-15,18,21H,3,5,9-11,16-17H2,1H3,(H,35,39). The SMILES string of the molecule is CC1CN(c2ccc(C#N)cn2)CCN1C(=O)c1cccc(OCC2CCCN2c2cn[nH]c(=O)c2C(F)(F)F)c1. The van der Waals surface area contributed by atoms with Gasteiger partial charge in [0.15, 0.2) is 0 Å². The molecule has 41 heavy (non-hydrogen) atoms. The van der Waals surface area contributed by atoms with Gasteiger partial charge in [-0.1, -0.05) is 6.07 Å². The van der Waals surface area contributed by atoms with Crippen molar-refractivity contribution in [2.45, 2.75) is 38.0 Å². The van der Waals surface area contributed by atoms with Crippen molar-refractivity contribution in [3.8, 4) is 11.8 Å². The van der Waals surface area contributed by atoms with Gasteiger partial charge in [0.1, 0.15) is 29.8 Å². The zero-order chi connectivity index (χ0) is 29.1. The van der Waals surface area contributed by atoms with Crippen molar-refractivity contribution in [2.24, 2.45) is 0 Å². The summed E-state index contributed by atoms with van der Waals surface area (Å²) in [5.74, 6) is 1.02. The molecule has 214 valence electrons. The van der Waals surface area contributed by atoms with E-state index in [1.807, 2.05) is 12.0 Å². The maximum atomic E-state index is 13.6. The first-order valence-electron chi connectivity index (χ1n) is 13.2. The summed E-state index contributed by atoms with van der Waals surface area (Å²) in [6, 6.07) is 11.8.